The van der Waals surface area contributed by atoms with Crippen LogP contribution >= 0.6 is 0 Å². The number of carbonyl (C=O) groups excluding carboxylic acids is 1. The monoisotopic (exact) mass is 557 g/mol. The molecule has 4 aromatic heterocycles. The van der Waals surface area contributed by atoms with E-state index in [2.05, 4.69) is 42.4 Å². The summed E-state index contributed by atoms with van der Waals surface area (Å²) in [5.41, 5.74) is 5.34. The number of fused-ring (bicyclic) bond motifs is 1. The van der Waals surface area contributed by atoms with Crippen LogP contribution in [0.4, 0.5) is 0 Å². The van der Waals surface area contributed by atoms with Gasteiger partial charge in [0.15, 0.2) is 11.4 Å². The van der Waals surface area contributed by atoms with Crippen LogP contribution in [0.1, 0.15) is 27.9 Å². The van der Waals surface area contributed by atoms with Crippen LogP contribution in [0.2, 0.25) is 0 Å². The molecule has 0 bridgehead atoms. The summed E-state index contributed by atoms with van der Waals surface area (Å²) in [6, 6.07) is 25.1. The molecule has 1 aliphatic heterocycles. The van der Waals surface area contributed by atoms with E-state index in [1.54, 1.807) is 31.6 Å². The van der Waals surface area contributed by atoms with Crippen molar-refractivity contribution in [3.05, 3.63) is 108 Å². The van der Waals surface area contributed by atoms with Gasteiger partial charge in [-0.05, 0) is 53.2 Å². The number of benzene rings is 2. The van der Waals surface area contributed by atoms with Crippen LogP contribution in [0.25, 0.3) is 33.8 Å². The van der Waals surface area contributed by atoms with Crippen molar-refractivity contribution in [1.82, 2.24) is 45.0 Å². The van der Waals surface area contributed by atoms with E-state index in [1.165, 1.54) is 4.80 Å². The van der Waals surface area contributed by atoms with Crippen molar-refractivity contribution in [1.29, 1.82) is 0 Å². The van der Waals surface area contributed by atoms with Crippen LogP contribution < -0.4 is 0 Å². The predicted molar refractivity (Wildman–Crippen MR) is 155 cm³/mol. The Morgan fingerprint density at radius 3 is 2.45 bits per heavy atom. The van der Waals surface area contributed by atoms with Gasteiger partial charge in [-0.15, -0.1) is 10.2 Å². The van der Waals surface area contributed by atoms with E-state index in [-0.39, 0.29) is 11.9 Å². The first-order valence-electron chi connectivity index (χ1n) is 13.7. The third kappa shape index (κ3) is 5.01. The third-order valence-electron chi connectivity index (χ3n) is 7.42. The van der Waals surface area contributed by atoms with Gasteiger partial charge in [0.2, 0.25) is 5.89 Å². The molecule has 7 rings (SSSR count). The molecule has 0 aliphatic carbocycles. The number of nitrogens with zero attached hydrogens (tertiary/aromatic N) is 9. The van der Waals surface area contributed by atoms with Gasteiger partial charge in [-0.1, -0.05) is 36.4 Å². The van der Waals surface area contributed by atoms with E-state index in [0.717, 1.165) is 22.3 Å². The minimum atomic E-state index is -0.143. The molecule has 11 heteroatoms. The number of aromatic nitrogens is 7. The van der Waals surface area contributed by atoms with Crippen LogP contribution in [0.5, 0.6) is 0 Å². The van der Waals surface area contributed by atoms with Gasteiger partial charge in [-0.2, -0.15) is 4.80 Å². The Labute approximate surface area is 241 Å². The molecule has 2 aromatic carbocycles. The fourth-order valence-electron chi connectivity index (χ4n) is 5.34. The number of pyridine rings is 2. The summed E-state index contributed by atoms with van der Waals surface area (Å²) < 4.78 is 6.04. The van der Waals surface area contributed by atoms with Crippen molar-refractivity contribution < 1.29 is 9.21 Å². The highest BCUT2D eigenvalue weighted by atomic mass is 16.3. The van der Waals surface area contributed by atoms with Gasteiger partial charge in [0.05, 0.1) is 18.8 Å². The van der Waals surface area contributed by atoms with E-state index in [4.69, 9.17) is 9.40 Å². The van der Waals surface area contributed by atoms with E-state index in [1.807, 2.05) is 59.5 Å². The Morgan fingerprint density at radius 2 is 1.69 bits per heavy atom. The number of carbonyl (C=O) groups is 1. The Balaban J connectivity index is 1.08. The maximum Gasteiger partial charge on any atom is 0.272 e. The zero-order valence-electron chi connectivity index (χ0n) is 22.9. The predicted octanol–water partition coefficient (Wildman–Crippen LogP) is 4.02. The summed E-state index contributed by atoms with van der Waals surface area (Å²) in [6.45, 7) is 2.42. The molecule has 5 heterocycles. The highest BCUT2D eigenvalue weighted by Gasteiger charge is 2.31. The minimum Gasteiger partial charge on any atom is -0.436 e. The Hall–Kier alpha value is -5.29. The zero-order chi connectivity index (χ0) is 28.5. The van der Waals surface area contributed by atoms with Gasteiger partial charge >= 0.3 is 0 Å². The molecule has 1 saturated heterocycles. The van der Waals surface area contributed by atoms with Crippen LogP contribution in [0.15, 0.2) is 95.7 Å². The molecule has 0 spiro atoms. The van der Waals surface area contributed by atoms with Crippen molar-refractivity contribution >= 4 is 17.0 Å². The van der Waals surface area contributed by atoms with Crippen LogP contribution in [-0.4, -0.2) is 77.0 Å². The summed E-state index contributed by atoms with van der Waals surface area (Å²) in [6.07, 6.45) is 3.39. The number of hydrogen-bond donors (Lipinski definition) is 0. The van der Waals surface area contributed by atoms with Crippen LogP contribution in [0.3, 0.4) is 0 Å². The molecular weight excluding hydrogens is 530 g/mol. The fourth-order valence-corrected chi connectivity index (χ4v) is 5.34. The van der Waals surface area contributed by atoms with Gasteiger partial charge in [0.1, 0.15) is 11.2 Å². The first-order valence-corrected chi connectivity index (χ1v) is 13.7. The quantitative estimate of drug-likeness (QED) is 0.299. The lowest BCUT2D eigenvalue weighted by atomic mass is 10.0. The smallest absolute Gasteiger partial charge is 0.272 e. The van der Waals surface area contributed by atoms with Crippen molar-refractivity contribution in [2.45, 2.75) is 6.04 Å². The Kier molecular flexibility index (Phi) is 6.68. The first kappa shape index (κ1) is 25.7. The zero-order valence-corrected chi connectivity index (χ0v) is 22.9. The average molecular weight is 558 g/mol. The van der Waals surface area contributed by atoms with Crippen LogP contribution in [-0.2, 0) is 7.05 Å². The number of amides is 1. The number of tetrazole rings is 1. The summed E-state index contributed by atoms with van der Waals surface area (Å²) in [4.78, 5) is 32.6. The van der Waals surface area contributed by atoms with Crippen molar-refractivity contribution in [3.63, 3.8) is 0 Å². The average Bonchev–Trinajstić information content (AvgIpc) is 3.68. The molecule has 1 amide bonds. The molecule has 42 heavy (non-hydrogen) atoms. The summed E-state index contributed by atoms with van der Waals surface area (Å²) >= 11 is 0. The molecule has 6 aromatic rings. The molecule has 1 aliphatic rings. The second-order valence-corrected chi connectivity index (χ2v) is 10.1. The van der Waals surface area contributed by atoms with E-state index >= 15 is 0 Å². The molecular formula is C31H27N9O2. The Morgan fingerprint density at radius 1 is 0.857 bits per heavy atom. The summed E-state index contributed by atoms with van der Waals surface area (Å²) in [5, 5.41) is 12.8. The number of piperazine rings is 1. The lowest BCUT2D eigenvalue weighted by Gasteiger charge is -2.38. The fraction of sp³-hybridized carbons (Fsp3) is 0.194. The van der Waals surface area contributed by atoms with Crippen molar-refractivity contribution in [2.24, 2.45) is 7.05 Å². The second kappa shape index (κ2) is 10.9. The van der Waals surface area contributed by atoms with Crippen molar-refractivity contribution in [2.75, 3.05) is 26.2 Å². The second-order valence-electron chi connectivity index (χ2n) is 10.1. The van der Waals surface area contributed by atoms with Gasteiger partial charge in [-0.25, -0.2) is 4.98 Å². The maximum absolute atomic E-state index is 13.5. The minimum absolute atomic E-state index is 0.126. The Bertz CT molecular complexity index is 1840. The number of rotatable bonds is 6. The lowest BCUT2D eigenvalue weighted by Crippen LogP contribution is -2.50. The van der Waals surface area contributed by atoms with Gasteiger partial charge < -0.3 is 9.32 Å². The highest BCUT2D eigenvalue weighted by Crippen LogP contribution is 2.29. The normalized spacial score (nSPS) is 14.7. The SMILES string of the molecule is Cn1nnc(C(c2ccccc2)N2CCN(C(=O)c3cc(-c4nc5cc(-c6ccccn6)ccc5o4)ccn3)CC2)n1. The molecule has 208 valence electrons. The first-order chi connectivity index (χ1) is 20.6. The lowest BCUT2D eigenvalue weighted by molar-refractivity contribution is 0.0586. The third-order valence-corrected chi connectivity index (χ3v) is 7.42. The molecule has 1 unspecified atom stereocenters. The maximum atomic E-state index is 13.5. The summed E-state index contributed by atoms with van der Waals surface area (Å²) in [7, 11) is 1.76. The van der Waals surface area contributed by atoms with E-state index in [9.17, 15) is 4.79 Å². The topological polar surface area (TPSA) is 119 Å². The van der Waals surface area contributed by atoms with E-state index < -0.39 is 0 Å². The van der Waals surface area contributed by atoms with Crippen molar-refractivity contribution in [3.8, 4) is 22.7 Å². The molecule has 0 saturated carbocycles. The number of oxazole rings is 1. The largest absolute Gasteiger partial charge is 0.436 e. The standard InChI is InChI=1S/C31H27N9O2/c1-38-36-29(35-37-38)28(21-7-3-2-4-8-21)39-15-17-40(18-16-39)31(41)26-20-23(12-14-33-26)30-34-25-19-22(10-11-27(25)42-30)24-9-5-6-13-32-24/h2-14,19-20,28H,15-18H2,1H3. The van der Waals surface area contributed by atoms with Gasteiger partial charge in [0.25, 0.3) is 5.91 Å². The highest BCUT2D eigenvalue weighted by molar-refractivity contribution is 5.93. The number of hydrogen-bond acceptors (Lipinski definition) is 9. The van der Waals surface area contributed by atoms with Gasteiger partial charge in [-0.3, -0.25) is 19.7 Å². The summed E-state index contributed by atoms with van der Waals surface area (Å²) in [5.74, 6) is 0.953. The molecule has 1 atom stereocenters. The number of aryl methyl sites for hydroxylation is 1. The molecule has 0 radical (unpaired) electrons. The molecule has 11 nitrogen and oxygen atoms in total. The van der Waals surface area contributed by atoms with Gasteiger partial charge in [0, 0.05) is 49.7 Å². The van der Waals surface area contributed by atoms with Crippen LogP contribution in [0, 0.1) is 0 Å². The van der Waals surface area contributed by atoms with E-state index in [0.29, 0.717) is 54.7 Å². The molecule has 1 fully saturated rings. The molecule has 0 N–H and O–H groups in total.